The molecule has 1 heterocycles. The van der Waals surface area contributed by atoms with Crippen molar-refractivity contribution in [1.29, 1.82) is 0 Å². The fraction of sp³-hybridized carbons (Fsp3) is 0.0476. The molecule has 5 heteroatoms. The Balaban J connectivity index is 1.87. The molecule has 3 aromatic carbocycles. The minimum atomic E-state index is -1.08. The summed E-state index contributed by atoms with van der Waals surface area (Å²) in [6, 6.07) is 21.6. The second-order valence-corrected chi connectivity index (χ2v) is 6.11. The zero-order valence-corrected chi connectivity index (χ0v) is 14.2. The van der Waals surface area contributed by atoms with Crippen LogP contribution in [0.25, 0.3) is 21.8 Å². The molecule has 0 atom stereocenters. The zero-order chi connectivity index (χ0) is 18.1. The molecule has 5 nitrogen and oxygen atoms in total. The number of hydrogen-bond acceptors (Lipinski definition) is 3. The van der Waals surface area contributed by atoms with Gasteiger partial charge in [-0.15, -0.1) is 0 Å². The van der Waals surface area contributed by atoms with E-state index in [0.29, 0.717) is 5.69 Å². The molecule has 0 bridgehead atoms. The van der Waals surface area contributed by atoms with Crippen molar-refractivity contribution in [3.05, 3.63) is 72.3 Å². The number of carboxylic acid groups (broad SMARTS) is 1. The van der Waals surface area contributed by atoms with E-state index in [1.54, 1.807) is 6.07 Å². The Kier molecular flexibility index (Phi) is 3.89. The van der Waals surface area contributed by atoms with E-state index in [0.717, 1.165) is 38.7 Å². The molecule has 3 N–H and O–H groups in total. The smallest absolute Gasteiger partial charge is 0.409 e. The highest BCUT2D eigenvalue weighted by Crippen LogP contribution is 2.33. The van der Waals surface area contributed by atoms with Gasteiger partial charge in [0.1, 0.15) is 0 Å². The summed E-state index contributed by atoms with van der Waals surface area (Å²) in [5.41, 5.74) is 5.00. The molecular weight excluding hydrogens is 326 g/mol. The van der Waals surface area contributed by atoms with Gasteiger partial charge in [0.2, 0.25) is 0 Å². The topological polar surface area (TPSA) is 74.2 Å². The molecule has 0 unspecified atom stereocenters. The molecular formula is C21H17N3O2. The van der Waals surface area contributed by atoms with Gasteiger partial charge in [-0.3, -0.25) is 5.32 Å². The SMILES string of the molecule is Cc1ccc(Nc2c3ccccc3nc3ccccc23)cc1NC(=O)O. The van der Waals surface area contributed by atoms with Crippen LogP contribution in [0.5, 0.6) is 0 Å². The van der Waals surface area contributed by atoms with E-state index in [-0.39, 0.29) is 0 Å². The Hall–Kier alpha value is -3.60. The molecule has 0 aliphatic rings. The van der Waals surface area contributed by atoms with Crippen LogP contribution in [0, 0.1) is 6.92 Å². The molecule has 0 spiro atoms. The van der Waals surface area contributed by atoms with E-state index < -0.39 is 6.09 Å². The van der Waals surface area contributed by atoms with E-state index in [2.05, 4.69) is 10.6 Å². The molecule has 0 saturated carbocycles. The lowest BCUT2D eigenvalue weighted by Gasteiger charge is -2.15. The minimum Gasteiger partial charge on any atom is -0.465 e. The number of nitrogens with zero attached hydrogens (tertiary/aromatic N) is 1. The van der Waals surface area contributed by atoms with Crippen molar-refractivity contribution in [2.75, 3.05) is 10.6 Å². The van der Waals surface area contributed by atoms with Crippen LogP contribution in [-0.2, 0) is 0 Å². The van der Waals surface area contributed by atoms with Gasteiger partial charge in [0.15, 0.2) is 0 Å². The molecule has 4 rings (SSSR count). The third-order valence-electron chi connectivity index (χ3n) is 4.34. The van der Waals surface area contributed by atoms with Crippen LogP contribution in [0.3, 0.4) is 0 Å². The number of anilines is 3. The number of nitrogens with one attached hydrogen (secondary N) is 2. The maximum Gasteiger partial charge on any atom is 0.409 e. The number of hydrogen-bond donors (Lipinski definition) is 3. The lowest BCUT2D eigenvalue weighted by molar-refractivity contribution is 0.209. The molecule has 1 aromatic heterocycles. The average Bonchev–Trinajstić information content (AvgIpc) is 2.64. The normalized spacial score (nSPS) is 10.8. The first-order valence-electron chi connectivity index (χ1n) is 8.27. The summed E-state index contributed by atoms with van der Waals surface area (Å²) in [6.45, 7) is 1.87. The van der Waals surface area contributed by atoms with Gasteiger partial charge in [0.05, 0.1) is 16.7 Å². The van der Waals surface area contributed by atoms with Gasteiger partial charge in [-0.2, -0.15) is 0 Å². The standard InChI is InChI=1S/C21H17N3O2/c1-13-10-11-14(12-19(13)24-21(25)26)22-20-15-6-2-4-8-17(15)23-18-9-5-3-7-16(18)20/h2-12,24H,1H3,(H,22,23)(H,25,26). The summed E-state index contributed by atoms with van der Waals surface area (Å²) < 4.78 is 0. The number of benzene rings is 3. The molecule has 0 radical (unpaired) electrons. The Labute approximate surface area is 150 Å². The highest BCUT2D eigenvalue weighted by Gasteiger charge is 2.10. The second kappa shape index (κ2) is 6.37. The van der Waals surface area contributed by atoms with Crippen molar-refractivity contribution in [2.45, 2.75) is 6.92 Å². The van der Waals surface area contributed by atoms with Crippen LogP contribution in [-0.4, -0.2) is 16.2 Å². The van der Waals surface area contributed by atoms with Crippen molar-refractivity contribution in [1.82, 2.24) is 4.98 Å². The quantitative estimate of drug-likeness (QED) is 0.428. The third-order valence-corrected chi connectivity index (χ3v) is 4.34. The molecule has 0 aliphatic carbocycles. The van der Waals surface area contributed by atoms with E-state index in [1.807, 2.05) is 67.6 Å². The number of amides is 1. The predicted octanol–water partition coefficient (Wildman–Crippen LogP) is 5.53. The predicted molar refractivity (Wildman–Crippen MR) is 105 cm³/mol. The summed E-state index contributed by atoms with van der Waals surface area (Å²) in [7, 11) is 0. The fourth-order valence-corrected chi connectivity index (χ4v) is 3.07. The lowest BCUT2D eigenvalue weighted by Crippen LogP contribution is -2.08. The highest BCUT2D eigenvalue weighted by molar-refractivity contribution is 6.08. The lowest BCUT2D eigenvalue weighted by atomic mass is 10.1. The van der Waals surface area contributed by atoms with Gasteiger partial charge in [-0.05, 0) is 36.8 Å². The molecule has 0 saturated heterocycles. The third kappa shape index (κ3) is 2.91. The van der Waals surface area contributed by atoms with Crippen molar-refractivity contribution >= 4 is 45.0 Å². The number of fused-ring (bicyclic) bond motifs is 2. The van der Waals surface area contributed by atoms with Gasteiger partial charge >= 0.3 is 6.09 Å². The van der Waals surface area contributed by atoms with Crippen LogP contribution in [0.2, 0.25) is 0 Å². The summed E-state index contributed by atoms with van der Waals surface area (Å²) in [6.07, 6.45) is -1.08. The number of rotatable bonds is 3. The van der Waals surface area contributed by atoms with Crippen LogP contribution >= 0.6 is 0 Å². The largest absolute Gasteiger partial charge is 0.465 e. The van der Waals surface area contributed by atoms with Crippen molar-refractivity contribution in [3.63, 3.8) is 0 Å². The van der Waals surface area contributed by atoms with Crippen molar-refractivity contribution < 1.29 is 9.90 Å². The van der Waals surface area contributed by atoms with Gasteiger partial charge < -0.3 is 10.4 Å². The molecule has 4 aromatic rings. The first-order valence-corrected chi connectivity index (χ1v) is 8.27. The number of para-hydroxylation sites is 2. The Bertz CT molecular complexity index is 1080. The number of aromatic nitrogens is 1. The molecule has 0 aliphatic heterocycles. The minimum absolute atomic E-state index is 0.560. The Morgan fingerprint density at radius 1 is 0.923 bits per heavy atom. The maximum atomic E-state index is 11.0. The number of aryl methyl sites for hydroxylation is 1. The van der Waals surface area contributed by atoms with Gasteiger partial charge in [0, 0.05) is 22.1 Å². The first-order chi connectivity index (χ1) is 12.6. The van der Waals surface area contributed by atoms with Crippen LogP contribution in [0.1, 0.15) is 5.56 Å². The van der Waals surface area contributed by atoms with Gasteiger partial charge in [0.25, 0.3) is 0 Å². The average molecular weight is 343 g/mol. The van der Waals surface area contributed by atoms with E-state index >= 15 is 0 Å². The second-order valence-electron chi connectivity index (χ2n) is 6.11. The zero-order valence-electron chi connectivity index (χ0n) is 14.2. The number of carbonyl (C=O) groups is 1. The Morgan fingerprint density at radius 3 is 2.15 bits per heavy atom. The molecule has 1 amide bonds. The van der Waals surface area contributed by atoms with E-state index in [9.17, 15) is 4.79 Å². The molecule has 0 fully saturated rings. The highest BCUT2D eigenvalue weighted by atomic mass is 16.4. The monoisotopic (exact) mass is 343 g/mol. The van der Waals surface area contributed by atoms with Gasteiger partial charge in [-0.1, -0.05) is 42.5 Å². The van der Waals surface area contributed by atoms with Crippen molar-refractivity contribution in [3.8, 4) is 0 Å². The van der Waals surface area contributed by atoms with Crippen LogP contribution in [0.4, 0.5) is 21.9 Å². The molecule has 128 valence electrons. The van der Waals surface area contributed by atoms with Crippen LogP contribution < -0.4 is 10.6 Å². The summed E-state index contributed by atoms with van der Waals surface area (Å²) in [5, 5.41) is 16.9. The molecule has 26 heavy (non-hydrogen) atoms. The summed E-state index contributed by atoms with van der Waals surface area (Å²) in [5.74, 6) is 0. The summed E-state index contributed by atoms with van der Waals surface area (Å²) >= 11 is 0. The van der Waals surface area contributed by atoms with Crippen LogP contribution in [0.15, 0.2) is 66.7 Å². The Morgan fingerprint density at radius 2 is 1.54 bits per heavy atom. The van der Waals surface area contributed by atoms with E-state index in [4.69, 9.17) is 10.1 Å². The fourth-order valence-electron chi connectivity index (χ4n) is 3.07. The number of pyridine rings is 1. The van der Waals surface area contributed by atoms with E-state index in [1.165, 1.54) is 0 Å². The summed E-state index contributed by atoms with van der Waals surface area (Å²) in [4.78, 5) is 15.7. The first kappa shape index (κ1) is 15.9. The van der Waals surface area contributed by atoms with Crippen molar-refractivity contribution in [2.24, 2.45) is 0 Å². The van der Waals surface area contributed by atoms with Gasteiger partial charge in [-0.25, -0.2) is 9.78 Å². The maximum absolute atomic E-state index is 11.0.